The van der Waals surface area contributed by atoms with E-state index in [9.17, 15) is 19.2 Å². The molecule has 688 valence electrons. The van der Waals surface area contributed by atoms with Crippen LogP contribution in [0, 0.1) is 0 Å². The second-order valence-electron chi connectivity index (χ2n) is 34.8. The van der Waals surface area contributed by atoms with Crippen molar-refractivity contribution in [2.45, 2.75) is 99.7 Å². The lowest BCUT2D eigenvalue weighted by Crippen LogP contribution is -2.57. The molecule has 12 aliphatic rings. The Bertz CT molecular complexity index is 5920. The zero-order valence-corrected chi connectivity index (χ0v) is 73.2. The lowest BCUT2D eigenvalue weighted by Gasteiger charge is -2.46. The minimum absolute atomic E-state index is 0.232. The van der Waals surface area contributed by atoms with Gasteiger partial charge in [-0.3, -0.25) is 24.2 Å². The zero-order chi connectivity index (χ0) is 90.9. The fourth-order valence-electron chi connectivity index (χ4n) is 17.7. The number of anilines is 20. The number of furan rings is 1. The van der Waals surface area contributed by atoms with Gasteiger partial charge >= 0.3 is 0 Å². The van der Waals surface area contributed by atoms with Crippen LogP contribution in [-0.2, 0) is 0 Å². The van der Waals surface area contributed by atoms with E-state index in [0.717, 1.165) is 222 Å². The van der Waals surface area contributed by atoms with Crippen LogP contribution >= 0.6 is 0 Å². The van der Waals surface area contributed by atoms with Crippen LogP contribution in [0.25, 0.3) is 0 Å². The Hall–Kier alpha value is -16.1. The first kappa shape index (κ1) is 84.7. The maximum Gasteiger partial charge on any atom is 0.254 e. The SMILES string of the molecule is NC(=O)c1cnc(Nc2ccc3c(c2)OCC2CN(c4ccccn4)CCN32)nc1NC1CC1.NC(=O)c1cnc(Nc2ccc3c(c2)OCC2CN(c4cccnc4)CCN32)nc1NC1CC1.NC(=O)c1cnc(Nc2ccc3c(c2)OCC2CN(c4ccco4)CCN32)nc1NC1CC1.NC(=O)c1cnc(Nc2ccc3c(c2)OCC2CN(c4cnco4)CCN32)nc1NC1CC1. The fourth-order valence-corrected chi connectivity index (χ4v) is 17.7. The van der Waals surface area contributed by atoms with Gasteiger partial charge in [0.05, 0.1) is 93.5 Å². The van der Waals surface area contributed by atoms with Crippen LogP contribution in [0.2, 0.25) is 0 Å². The third-order valence-electron chi connectivity index (χ3n) is 25.2. The first-order valence-corrected chi connectivity index (χ1v) is 45.2. The number of carbonyl (C=O) groups excluding carboxylic acids is 4. The maximum atomic E-state index is 11.7. The molecule has 4 atom stereocenters. The number of benzene rings is 4. The minimum atomic E-state index is -0.551. The molecule has 0 spiro atoms. The molecule has 0 bridgehead atoms. The highest BCUT2D eigenvalue weighted by atomic mass is 16.5. The van der Waals surface area contributed by atoms with Gasteiger partial charge < -0.3 is 132 Å². The molecule has 4 saturated heterocycles. The molecule has 8 aliphatic heterocycles. The van der Waals surface area contributed by atoms with Gasteiger partial charge in [0, 0.05) is 193 Å². The van der Waals surface area contributed by atoms with E-state index in [1.54, 1.807) is 18.7 Å². The Kier molecular flexibility index (Phi) is 23.4. The molecule has 12 aromatic rings. The molecular formula is C93H101N31O10. The van der Waals surface area contributed by atoms with E-state index in [0.29, 0.717) is 114 Å². The Labute approximate surface area is 769 Å². The van der Waals surface area contributed by atoms with E-state index < -0.39 is 23.6 Å². The highest BCUT2D eigenvalue weighted by Crippen LogP contribution is 2.45. The highest BCUT2D eigenvalue weighted by molar-refractivity contribution is 6.00. The van der Waals surface area contributed by atoms with Crippen LogP contribution < -0.4 is 124 Å². The largest absolute Gasteiger partial charge is 0.489 e. The van der Waals surface area contributed by atoms with Crippen LogP contribution in [0.4, 0.5) is 116 Å². The number of hydrogen-bond donors (Lipinski definition) is 12. The number of fused-ring (bicyclic) bond motifs is 12. The van der Waals surface area contributed by atoms with Crippen molar-refractivity contribution >= 4 is 139 Å². The van der Waals surface area contributed by atoms with Crippen molar-refractivity contribution in [3.8, 4) is 23.0 Å². The van der Waals surface area contributed by atoms with Crippen molar-refractivity contribution in [1.82, 2.24) is 54.8 Å². The molecule has 24 rings (SSSR count). The molecule has 16 heterocycles. The molecule has 134 heavy (non-hydrogen) atoms. The standard InChI is InChI=1S/2C24H26N8O2.C23H25N7O3.C22H24N8O3/c25-22(33)19-12-27-24(30-23(19)28-15-3-4-15)29-16-5-6-20-21(10-16)34-14-18-13-31(8-9-32(18)20)17-2-1-7-26-11-17;25-22(33)18-12-27-24(30-23(18)28-15-4-5-15)29-16-6-7-19-20(11-16)34-14-17-13-31(9-10-32(17)19)21-3-1-2-8-26-21;24-21(31)17-11-25-23(28-22(17)26-14-3-4-14)27-15-5-6-18-19(10-15)33-13-16-12-29(7-8-30(16)18)20-2-1-9-32-20;23-20(31)16-8-25-22(28-21(16)26-13-1-2-13)27-14-3-4-17-18(7-14)32-11-15-10-29(5-6-30(15)17)19-9-24-12-33-19/h1-2,5-7,10-12,15,18H,3-4,8-9,13-14H2,(H2,25,33)(H2,27,28,29,30);1-3,6-8,11-12,15,17H,4-5,9-10,13-14H2,(H2,25,33)(H2,27,28,29,30);1-2,5-6,9-11,14,16H,3-4,7-8,12-13H2,(H2,24,31)(H2,25,26,27,28);3-4,7-9,12-13,15H,1-2,5-6,10-11H2,(H2,23,31)(H2,25,26,27,28). The molecule has 4 aromatic carbocycles. The summed E-state index contributed by atoms with van der Waals surface area (Å²) in [5.41, 5.74) is 31.8. The van der Waals surface area contributed by atoms with E-state index in [4.69, 9.17) is 50.7 Å². The Morgan fingerprint density at radius 3 is 1.03 bits per heavy atom. The quantitative estimate of drug-likeness (QED) is 0.0268. The number of oxazole rings is 1. The number of primary amides is 4. The summed E-state index contributed by atoms with van der Waals surface area (Å²) < 4.78 is 35.5. The van der Waals surface area contributed by atoms with Crippen LogP contribution in [0.3, 0.4) is 0 Å². The highest BCUT2D eigenvalue weighted by Gasteiger charge is 2.40. The smallest absolute Gasteiger partial charge is 0.254 e. The van der Waals surface area contributed by atoms with E-state index in [2.05, 4.69) is 173 Å². The number of piperazine rings is 4. The summed E-state index contributed by atoms with van der Waals surface area (Å²) in [5, 5.41) is 25.9. The first-order chi connectivity index (χ1) is 65.5. The third kappa shape index (κ3) is 19.2. The second kappa shape index (κ2) is 37.0. The summed E-state index contributed by atoms with van der Waals surface area (Å²) in [7, 11) is 0. The minimum Gasteiger partial charge on any atom is -0.489 e. The van der Waals surface area contributed by atoms with Gasteiger partial charge in [-0.2, -0.15) is 19.9 Å². The first-order valence-electron chi connectivity index (χ1n) is 45.2. The van der Waals surface area contributed by atoms with Crippen LogP contribution in [0.1, 0.15) is 92.8 Å². The predicted molar refractivity (Wildman–Crippen MR) is 507 cm³/mol. The van der Waals surface area contributed by atoms with Gasteiger partial charge in [0.25, 0.3) is 23.6 Å². The topological polar surface area (TPSA) is 500 Å². The number of nitrogens with zero attached hydrogens (tertiary/aromatic N) is 19. The average Bonchev–Trinajstić information content (AvgIpc) is 0.853. The molecule has 0 radical (unpaired) electrons. The second-order valence-corrected chi connectivity index (χ2v) is 34.8. The lowest BCUT2D eigenvalue weighted by molar-refractivity contribution is 0.0992. The lowest BCUT2D eigenvalue weighted by atomic mass is 10.1. The van der Waals surface area contributed by atoms with E-state index >= 15 is 0 Å². The molecule has 4 aliphatic carbocycles. The van der Waals surface area contributed by atoms with Crippen LogP contribution in [0.5, 0.6) is 23.0 Å². The van der Waals surface area contributed by atoms with Gasteiger partial charge in [-0.1, -0.05) is 6.07 Å². The summed E-state index contributed by atoms with van der Waals surface area (Å²) in [6.07, 6.45) is 24.8. The molecule has 4 saturated carbocycles. The van der Waals surface area contributed by atoms with Gasteiger partial charge in [0.2, 0.25) is 29.7 Å². The van der Waals surface area contributed by atoms with E-state index in [1.165, 1.54) is 31.2 Å². The maximum absolute atomic E-state index is 11.7. The summed E-state index contributed by atoms with van der Waals surface area (Å²) in [4.78, 5) is 113. The normalized spacial score (nSPS) is 19.2. The monoisotopic (exact) mass is 1810 g/mol. The summed E-state index contributed by atoms with van der Waals surface area (Å²) in [6.45, 7) is 13.0. The van der Waals surface area contributed by atoms with Crippen molar-refractivity contribution in [3.63, 3.8) is 0 Å². The summed E-state index contributed by atoms with van der Waals surface area (Å²) in [6, 6.07) is 40.4. The average molecular weight is 1810 g/mol. The Morgan fingerprint density at radius 1 is 0.336 bits per heavy atom. The number of amides is 4. The van der Waals surface area contributed by atoms with E-state index in [-0.39, 0.29) is 29.7 Å². The number of carbonyl (C=O) groups is 4. The third-order valence-corrected chi connectivity index (χ3v) is 25.2. The molecule has 16 N–H and O–H groups in total. The Morgan fingerprint density at radius 2 is 0.701 bits per heavy atom. The van der Waals surface area contributed by atoms with E-state index in [1.807, 2.05) is 91.3 Å². The molecule has 41 heteroatoms. The number of ether oxygens (including phenoxy) is 4. The Balaban J connectivity index is 0.000000107. The fraction of sp³-hybridized carbons (Fsp3) is 0.344. The van der Waals surface area contributed by atoms with Crippen molar-refractivity contribution in [2.75, 3.05) is 187 Å². The predicted octanol–water partition coefficient (Wildman–Crippen LogP) is 9.30. The van der Waals surface area contributed by atoms with Crippen molar-refractivity contribution in [3.05, 3.63) is 200 Å². The molecule has 8 aromatic heterocycles. The molecule has 41 nitrogen and oxygen atoms in total. The van der Waals surface area contributed by atoms with Crippen molar-refractivity contribution in [2.24, 2.45) is 22.9 Å². The number of nitrogens with two attached hydrogens (primary N) is 4. The van der Waals surface area contributed by atoms with Crippen molar-refractivity contribution in [1.29, 1.82) is 0 Å². The number of pyridine rings is 2. The molecule has 8 fully saturated rings. The number of nitrogens with one attached hydrogen (secondary N) is 8. The number of rotatable bonds is 24. The summed E-state index contributed by atoms with van der Waals surface area (Å²) >= 11 is 0. The number of aromatic nitrogens is 11. The van der Waals surface area contributed by atoms with Crippen LogP contribution in [-0.4, -0.2) is 232 Å². The molecule has 4 amide bonds. The van der Waals surface area contributed by atoms with Gasteiger partial charge in [0.1, 0.15) is 78.5 Å². The number of hydrogen-bond acceptors (Lipinski definition) is 37. The van der Waals surface area contributed by atoms with Gasteiger partial charge in [0.15, 0.2) is 12.3 Å². The van der Waals surface area contributed by atoms with Gasteiger partial charge in [-0.15, -0.1) is 0 Å². The van der Waals surface area contributed by atoms with Crippen LogP contribution in [0.15, 0.2) is 186 Å². The molecule has 4 unspecified atom stereocenters. The molecular weight excluding hydrogens is 1710 g/mol. The van der Waals surface area contributed by atoms with Gasteiger partial charge in [-0.05, 0) is 130 Å². The summed E-state index contributed by atoms with van der Waals surface area (Å²) in [5.74, 6) is 7.24. The zero-order valence-electron chi connectivity index (χ0n) is 73.2. The van der Waals surface area contributed by atoms with Crippen molar-refractivity contribution < 1.29 is 47.0 Å². The van der Waals surface area contributed by atoms with Gasteiger partial charge in [-0.25, -0.2) is 29.9 Å².